The lowest BCUT2D eigenvalue weighted by atomic mass is 10.3. The first-order valence-electron chi connectivity index (χ1n) is 4.70. The SMILES string of the molecule is CNCCC(=O)Nc1cc(C)cnc1Cl. The third-order valence-electron chi connectivity index (χ3n) is 1.85. The van der Waals surface area contributed by atoms with Crippen molar-refractivity contribution in [2.24, 2.45) is 0 Å². The largest absolute Gasteiger partial charge is 0.323 e. The molecule has 0 fully saturated rings. The number of halogens is 1. The summed E-state index contributed by atoms with van der Waals surface area (Å²) in [5.74, 6) is -0.0707. The topological polar surface area (TPSA) is 54.0 Å². The lowest BCUT2D eigenvalue weighted by molar-refractivity contribution is -0.116. The van der Waals surface area contributed by atoms with E-state index in [0.717, 1.165) is 5.56 Å². The molecule has 0 bridgehead atoms. The standard InChI is InChI=1S/C10H14ClN3O/c1-7-5-8(10(11)13-6-7)14-9(15)3-4-12-2/h5-6,12H,3-4H2,1-2H3,(H,14,15). The van der Waals surface area contributed by atoms with E-state index < -0.39 is 0 Å². The van der Waals surface area contributed by atoms with Gasteiger partial charge < -0.3 is 10.6 Å². The third-order valence-corrected chi connectivity index (χ3v) is 2.15. The number of anilines is 1. The minimum atomic E-state index is -0.0707. The van der Waals surface area contributed by atoms with Crippen molar-refractivity contribution in [2.75, 3.05) is 18.9 Å². The lowest BCUT2D eigenvalue weighted by Crippen LogP contribution is -2.19. The normalized spacial score (nSPS) is 10.1. The van der Waals surface area contributed by atoms with Crippen molar-refractivity contribution in [3.63, 3.8) is 0 Å². The monoisotopic (exact) mass is 227 g/mol. The highest BCUT2D eigenvalue weighted by Gasteiger charge is 2.06. The summed E-state index contributed by atoms with van der Waals surface area (Å²) in [6, 6.07) is 1.80. The summed E-state index contributed by atoms with van der Waals surface area (Å²) in [5.41, 5.74) is 1.53. The highest BCUT2D eigenvalue weighted by Crippen LogP contribution is 2.19. The molecule has 0 aliphatic carbocycles. The predicted octanol–water partition coefficient (Wildman–Crippen LogP) is 1.59. The molecule has 0 aliphatic rings. The number of hydrogen-bond donors (Lipinski definition) is 2. The number of nitrogens with zero attached hydrogens (tertiary/aromatic N) is 1. The van der Waals surface area contributed by atoms with E-state index in [9.17, 15) is 4.79 Å². The van der Waals surface area contributed by atoms with E-state index in [0.29, 0.717) is 23.8 Å². The fraction of sp³-hybridized carbons (Fsp3) is 0.400. The van der Waals surface area contributed by atoms with Gasteiger partial charge in [-0.3, -0.25) is 4.79 Å². The molecule has 0 unspecified atom stereocenters. The number of pyridine rings is 1. The maximum atomic E-state index is 11.4. The van der Waals surface area contributed by atoms with E-state index in [-0.39, 0.29) is 5.91 Å². The second-order valence-corrected chi connectivity index (χ2v) is 3.61. The Morgan fingerprint density at radius 2 is 2.33 bits per heavy atom. The van der Waals surface area contributed by atoms with E-state index in [1.165, 1.54) is 0 Å². The Morgan fingerprint density at radius 3 is 3.00 bits per heavy atom. The fourth-order valence-electron chi connectivity index (χ4n) is 1.09. The number of carbonyl (C=O) groups is 1. The van der Waals surface area contributed by atoms with Gasteiger partial charge in [0.05, 0.1) is 5.69 Å². The molecule has 0 aliphatic heterocycles. The van der Waals surface area contributed by atoms with Crippen molar-refractivity contribution in [2.45, 2.75) is 13.3 Å². The molecule has 15 heavy (non-hydrogen) atoms. The smallest absolute Gasteiger partial charge is 0.225 e. The molecule has 0 spiro atoms. The average Bonchev–Trinajstić information content (AvgIpc) is 2.20. The number of aryl methyl sites for hydroxylation is 1. The van der Waals surface area contributed by atoms with Gasteiger partial charge in [-0.15, -0.1) is 0 Å². The summed E-state index contributed by atoms with van der Waals surface area (Å²) in [4.78, 5) is 15.3. The summed E-state index contributed by atoms with van der Waals surface area (Å²) >= 11 is 5.83. The zero-order valence-corrected chi connectivity index (χ0v) is 9.56. The highest BCUT2D eigenvalue weighted by molar-refractivity contribution is 6.32. The molecule has 4 nitrogen and oxygen atoms in total. The Hall–Kier alpha value is -1.13. The first kappa shape index (κ1) is 11.9. The van der Waals surface area contributed by atoms with Crippen LogP contribution in [0.2, 0.25) is 5.15 Å². The van der Waals surface area contributed by atoms with Gasteiger partial charge in [0.25, 0.3) is 0 Å². The van der Waals surface area contributed by atoms with Crippen LogP contribution in [0, 0.1) is 6.92 Å². The highest BCUT2D eigenvalue weighted by atomic mass is 35.5. The average molecular weight is 228 g/mol. The molecule has 1 aromatic heterocycles. The van der Waals surface area contributed by atoms with Crippen molar-refractivity contribution < 1.29 is 4.79 Å². The van der Waals surface area contributed by atoms with Gasteiger partial charge in [0, 0.05) is 19.2 Å². The molecule has 1 amide bonds. The minimum absolute atomic E-state index is 0.0707. The molecule has 5 heteroatoms. The van der Waals surface area contributed by atoms with Crippen molar-refractivity contribution >= 4 is 23.2 Å². The maximum Gasteiger partial charge on any atom is 0.225 e. The van der Waals surface area contributed by atoms with Gasteiger partial charge in [-0.05, 0) is 25.6 Å². The van der Waals surface area contributed by atoms with Gasteiger partial charge in [0.2, 0.25) is 5.91 Å². The Kier molecular flexibility index (Phi) is 4.52. The van der Waals surface area contributed by atoms with Crippen LogP contribution in [-0.4, -0.2) is 24.5 Å². The minimum Gasteiger partial charge on any atom is -0.323 e. The number of amides is 1. The summed E-state index contributed by atoms with van der Waals surface area (Å²) < 4.78 is 0. The van der Waals surface area contributed by atoms with Crippen LogP contribution in [0.15, 0.2) is 12.3 Å². The van der Waals surface area contributed by atoms with Crippen LogP contribution < -0.4 is 10.6 Å². The fourth-order valence-corrected chi connectivity index (χ4v) is 1.24. The molecule has 1 heterocycles. The molecule has 0 saturated heterocycles. The predicted molar refractivity (Wildman–Crippen MR) is 61.2 cm³/mol. The summed E-state index contributed by atoms with van der Waals surface area (Å²) in [7, 11) is 1.80. The van der Waals surface area contributed by atoms with Crippen molar-refractivity contribution in [1.82, 2.24) is 10.3 Å². The molecule has 0 radical (unpaired) electrons. The van der Waals surface area contributed by atoms with Crippen molar-refractivity contribution in [1.29, 1.82) is 0 Å². The Labute approximate surface area is 94.0 Å². The van der Waals surface area contributed by atoms with Gasteiger partial charge in [-0.2, -0.15) is 0 Å². The van der Waals surface area contributed by atoms with E-state index in [2.05, 4.69) is 15.6 Å². The molecule has 0 atom stereocenters. The van der Waals surface area contributed by atoms with Crippen LogP contribution in [0.1, 0.15) is 12.0 Å². The Balaban J connectivity index is 2.63. The van der Waals surface area contributed by atoms with E-state index >= 15 is 0 Å². The molecular weight excluding hydrogens is 214 g/mol. The number of carbonyl (C=O) groups excluding carboxylic acids is 1. The zero-order chi connectivity index (χ0) is 11.3. The molecule has 0 aromatic carbocycles. The van der Waals surface area contributed by atoms with Crippen LogP contribution in [0.4, 0.5) is 5.69 Å². The molecule has 1 aromatic rings. The summed E-state index contributed by atoms with van der Waals surface area (Å²) in [5, 5.41) is 5.93. The van der Waals surface area contributed by atoms with Gasteiger partial charge in [-0.25, -0.2) is 4.98 Å². The molecule has 82 valence electrons. The number of aromatic nitrogens is 1. The Morgan fingerprint density at radius 1 is 1.60 bits per heavy atom. The van der Waals surface area contributed by atoms with E-state index in [1.54, 1.807) is 19.3 Å². The second kappa shape index (κ2) is 5.68. The lowest BCUT2D eigenvalue weighted by Gasteiger charge is -2.06. The van der Waals surface area contributed by atoms with Gasteiger partial charge in [-0.1, -0.05) is 11.6 Å². The first-order chi connectivity index (χ1) is 7.13. The first-order valence-corrected chi connectivity index (χ1v) is 5.08. The van der Waals surface area contributed by atoms with Gasteiger partial charge in [0.1, 0.15) is 0 Å². The number of hydrogen-bond acceptors (Lipinski definition) is 3. The van der Waals surface area contributed by atoms with E-state index in [4.69, 9.17) is 11.6 Å². The van der Waals surface area contributed by atoms with Crippen molar-refractivity contribution in [3.05, 3.63) is 23.0 Å². The molecule has 0 saturated carbocycles. The molecule has 2 N–H and O–H groups in total. The number of nitrogens with one attached hydrogen (secondary N) is 2. The van der Waals surface area contributed by atoms with Crippen LogP contribution in [-0.2, 0) is 4.79 Å². The summed E-state index contributed by atoms with van der Waals surface area (Å²) in [6.45, 7) is 2.54. The second-order valence-electron chi connectivity index (χ2n) is 3.25. The quantitative estimate of drug-likeness (QED) is 0.769. The van der Waals surface area contributed by atoms with Crippen LogP contribution in [0.25, 0.3) is 0 Å². The zero-order valence-electron chi connectivity index (χ0n) is 8.80. The van der Waals surface area contributed by atoms with Crippen LogP contribution >= 0.6 is 11.6 Å². The van der Waals surface area contributed by atoms with Gasteiger partial charge in [0.15, 0.2) is 5.15 Å². The maximum absolute atomic E-state index is 11.4. The van der Waals surface area contributed by atoms with Crippen LogP contribution in [0.3, 0.4) is 0 Å². The molecule has 1 rings (SSSR count). The Bertz CT molecular complexity index is 355. The van der Waals surface area contributed by atoms with E-state index in [1.807, 2.05) is 6.92 Å². The third kappa shape index (κ3) is 3.85. The van der Waals surface area contributed by atoms with Gasteiger partial charge >= 0.3 is 0 Å². The number of rotatable bonds is 4. The molecular formula is C10H14ClN3O. The summed E-state index contributed by atoms with van der Waals surface area (Å²) in [6.07, 6.45) is 2.08. The van der Waals surface area contributed by atoms with Crippen LogP contribution in [0.5, 0.6) is 0 Å². The van der Waals surface area contributed by atoms with Crippen molar-refractivity contribution in [3.8, 4) is 0 Å².